The van der Waals surface area contributed by atoms with Crippen molar-refractivity contribution in [2.75, 3.05) is 11.9 Å². The fourth-order valence-electron chi connectivity index (χ4n) is 2.39. The molecule has 0 atom stereocenters. The van der Waals surface area contributed by atoms with Gasteiger partial charge in [0.2, 0.25) is 5.91 Å². The Balaban J connectivity index is 1.38. The van der Waals surface area contributed by atoms with Crippen LogP contribution in [0.3, 0.4) is 0 Å². The molecule has 0 fully saturated rings. The first-order valence-electron chi connectivity index (χ1n) is 8.05. The Morgan fingerprint density at radius 3 is 2.88 bits per heavy atom. The third kappa shape index (κ3) is 4.55. The maximum atomic E-state index is 12.0. The highest BCUT2D eigenvalue weighted by molar-refractivity contribution is 7.22. The molecule has 5 heteroatoms. The molecule has 1 N–H and O–H groups in total. The minimum Gasteiger partial charge on any atom is -0.494 e. The Hall–Kier alpha value is -2.40. The number of aromatic nitrogens is 1. The van der Waals surface area contributed by atoms with Crippen molar-refractivity contribution in [3.05, 3.63) is 54.1 Å². The molecule has 1 aromatic heterocycles. The molecule has 0 aliphatic carbocycles. The van der Waals surface area contributed by atoms with Crippen LogP contribution in [0, 0.1) is 6.92 Å². The van der Waals surface area contributed by atoms with E-state index in [1.54, 1.807) is 0 Å². The number of aryl methyl sites for hydroxylation is 1. The molecule has 3 rings (SSSR count). The first-order valence-corrected chi connectivity index (χ1v) is 8.87. The van der Waals surface area contributed by atoms with Gasteiger partial charge in [-0.1, -0.05) is 35.6 Å². The standard InChI is InChI=1S/C19H20N2O2S/c1-14-7-6-8-15(13-14)23-12-5-4-11-18(22)21-19-20-16-9-2-3-10-17(16)24-19/h2-3,6-10,13H,4-5,11-12H2,1H3,(H,20,21,22). The maximum Gasteiger partial charge on any atom is 0.226 e. The second-order valence-electron chi connectivity index (χ2n) is 5.66. The third-order valence-electron chi connectivity index (χ3n) is 3.60. The van der Waals surface area contributed by atoms with Crippen molar-refractivity contribution in [3.63, 3.8) is 0 Å². The minimum atomic E-state index is 0.00427. The van der Waals surface area contributed by atoms with Gasteiger partial charge in [-0.2, -0.15) is 0 Å². The Bertz CT molecular complexity index is 796. The van der Waals surface area contributed by atoms with Crippen LogP contribution in [0.4, 0.5) is 5.13 Å². The zero-order valence-corrected chi connectivity index (χ0v) is 14.4. The van der Waals surface area contributed by atoms with Gasteiger partial charge in [-0.05, 0) is 49.6 Å². The van der Waals surface area contributed by atoms with Crippen LogP contribution in [0.1, 0.15) is 24.8 Å². The number of hydrogen-bond donors (Lipinski definition) is 1. The summed E-state index contributed by atoms with van der Waals surface area (Å²) in [4.78, 5) is 16.4. The van der Waals surface area contributed by atoms with Crippen molar-refractivity contribution in [1.29, 1.82) is 0 Å². The lowest BCUT2D eigenvalue weighted by atomic mass is 10.2. The molecule has 0 bridgehead atoms. The largest absolute Gasteiger partial charge is 0.494 e. The SMILES string of the molecule is Cc1cccc(OCCCCC(=O)Nc2nc3ccccc3s2)c1. The van der Waals surface area contributed by atoms with E-state index in [0.29, 0.717) is 18.2 Å². The van der Waals surface area contributed by atoms with Crippen LogP contribution in [0.5, 0.6) is 5.75 Å². The van der Waals surface area contributed by atoms with Crippen LogP contribution < -0.4 is 10.1 Å². The van der Waals surface area contributed by atoms with Crippen molar-refractivity contribution in [2.24, 2.45) is 0 Å². The normalized spacial score (nSPS) is 10.7. The summed E-state index contributed by atoms with van der Waals surface area (Å²) in [6, 6.07) is 15.9. The fourth-order valence-corrected chi connectivity index (χ4v) is 3.27. The van der Waals surface area contributed by atoms with E-state index in [-0.39, 0.29) is 5.91 Å². The number of ether oxygens (including phenoxy) is 1. The van der Waals surface area contributed by atoms with Crippen LogP contribution in [-0.4, -0.2) is 17.5 Å². The van der Waals surface area contributed by atoms with E-state index in [9.17, 15) is 4.79 Å². The quantitative estimate of drug-likeness (QED) is 0.629. The first kappa shape index (κ1) is 16.5. The molecular weight excluding hydrogens is 320 g/mol. The van der Waals surface area contributed by atoms with Gasteiger partial charge in [-0.25, -0.2) is 4.98 Å². The van der Waals surface area contributed by atoms with E-state index in [0.717, 1.165) is 28.8 Å². The van der Waals surface area contributed by atoms with Gasteiger partial charge in [0.15, 0.2) is 5.13 Å². The molecule has 24 heavy (non-hydrogen) atoms. The molecule has 0 spiro atoms. The predicted molar refractivity (Wildman–Crippen MR) is 98.8 cm³/mol. The number of fused-ring (bicyclic) bond motifs is 1. The molecule has 0 unspecified atom stereocenters. The number of amides is 1. The first-order chi connectivity index (χ1) is 11.7. The highest BCUT2D eigenvalue weighted by Gasteiger charge is 2.07. The summed E-state index contributed by atoms with van der Waals surface area (Å²) in [7, 11) is 0. The Kier molecular flexibility index (Phi) is 5.43. The number of unbranched alkanes of at least 4 members (excludes halogenated alkanes) is 1. The van der Waals surface area contributed by atoms with Gasteiger partial charge in [-0.3, -0.25) is 4.79 Å². The van der Waals surface area contributed by atoms with Gasteiger partial charge < -0.3 is 10.1 Å². The average Bonchev–Trinajstić information content (AvgIpc) is 2.96. The fraction of sp³-hybridized carbons (Fsp3) is 0.263. The molecule has 1 heterocycles. The number of thiazole rings is 1. The molecule has 3 aromatic rings. The van der Waals surface area contributed by atoms with Gasteiger partial charge >= 0.3 is 0 Å². The number of anilines is 1. The monoisotopic (exact) mass is 340 g/mol. The highest BCUT2D eigenvalue weighted by Crippen LogP contribution is 2.25. The topological polar surface area (TPSA) is 51.2 Å². The van der Waals surface area contributed by atoms with Gasteiger partial charge in [0.1, 0.15) is 5.75 Å². The van der Waals surface area contributed by atoms with Gasteiger partial charge in [0, 0.05) is 6.42 Å². The smallest absolute Gasteiger partial charge is 0.226 e. The maximum absolute atomic E-state index is 12.0. The molecule has 0 radical (unpaired) electrons. The Morgan fingerprint density at radius 1 is 1.17 bits per heavy atom. The Labute approximate surface area is 145 Å². The van der Waals surface area contributed by atoms with Gasteiger partial charge in [0.05, 0.1) is 16.8 Å². The van der Waals surface area contributed by atoms with Crippen molar-refractivity contribution >= 4 is 32.6 Å². The number of nitrogens with one attached hydrogen (secondary N) is 1. The summed E-state index contributed by atoms with van der Waals surface area (Å²) in [5, 5.41) is 3.54. The summed E-state index contributed by atoms with van der Waals surface area (Å²) >= 11 is 1.50. The van der Waals surface area contributed by atoms with E-state index in [1.165, 1.54) is 16.9 Å². The molecule has 0 aliphatic rings. The summed E-state index contributed by atoms with van der Waals surface area (Å²) in [5.41, 5.74) is 2.10. The van der Waals surface area contributed by atoms with Crippen LogP contribution in [0.15, 0.2) is 48.5 Å². The van der Waals surface area contributed by atoms with E-state index in [4.69, 9.17) is 4.74 Å². The molecule has 2 aromatic carbocycles. The van der Waals surface area contributed by atoms with Crippen molar-refractivity contribution in [2.45, 2.75) is 26.2 Å². The molecule has 124 valence electrons. The van der Waals surface area contributed by atoms with Crippen molar-refractivity contribution in [3.8, 4) is 5.75 Å². The number of nitrogens with zero attached hydrogens (tertiary/aromatic N) is 1. The number of carbonyl (C=O) groups is 1. The highest BCUT2D eigenvalue weighted by atomic mass is 32.1. The molecular formula is C19H20N2O2S. The predicted octanol–water partition coefficient (Wildman–Crippen LogP) is 4.79. The minimum absolute atomic E-state index is 0.00427. The molecule has 0 saturated carbocycles. The van der Waals surface area contributed by atoms with Crippen LogP contribution in [0.25, 0.3) is 10.2 Å². The summed E-state index contributed by atoms with van der Waals surface area (Å²) in [6.07, 6.45) is 2.12. The second kappa shape index (κ2) is 7.93. The Morgan fingerprint density at radius 2 is 2.04 bits per heavy atom. The summed E-state index contributed by atoms with van der Waals surface area (Å²) in [6.45, 7) is 2.66. The molecule has 1 amide bonds. The van der Waals surface area contributed by atoms with E-state index < -0.39 is 0 Å². The molecule has 0 saturated heterocycles. The molecule has 4 nitrogen and oxygen atoms in total. The summed E-state index contributed by atoms with van der Waals surface area (Å²) in [5.74, 6) is 0.888. The zero-order valence-electron chi connectivity index (χ0n) is 13.6. The number of benzene rings is 2. The second-order valence-corrected chi connectivity index (χ2v) is 6.69. The molecule has 0 aliphatic heterocycles. The van der Waals surface area contributed by atoms with E-state index in [1.807, 2.05) is 55.5 Å². The van der Waals surface area contributed by atoms with Gasteiger partial charge in [-0.15, -0.1) is 0 Å². The van der Waals surface area contributed by atoms with Crippen molar-refractivity contribution in [1.82, 2.24) is 4.98 Å². The lowest BCUT2D eigenvalue weighted by Crippen LogP contribution is -2.11. The lowest BCUT2D eigenvalue weighted by Gasteiger charge is -2.06. The number of para-hydroxylation sites is 1. The average molecular weight is 340 g/mol. The van der Waals surface area contributed by atoms with Crippen molar-refractivity contribution < 1.29 is 9.53 Å². The number of hydrogen-bond acceptors (Lipinski definition) is 4. The third-order valence-corrected chi connectivity index (χ3v) is 4.55. The van der Waals surface area contributed by atoms with Crippen LogP contribution in [-0.2, 0) is 4.79 Å². The van der Waals surface area contributed by atoms with Crippen LogP contribution in [0.2, 0.25) is 0 Å². The van der Waals surface area contributed by atoms with E-state index >= 15 is 0 Å². The number of rotatable bonds is 7. The van der Waals surface area contributed by atoms with Gasteiger partial charge in [0.25, 0.3) is 0 Å². The summed E-state index contributed by atoms with van der Waals surface area (Å²) < 4.78 is 6.77. The van der Waals surface area contributed by atoms with Crippen LogP contribution >= 0.6 is 11.3 Å². The lowest BCUT2D eigenvalue weighted by molar-refractivity contribution is -0.116. The number of carbonyl (C=O) groups excluding carboxylic acids is 1. The zero-order chi connectivity index (χ0) is 16.8. The van der Waals surface area contributed by atoms with E-state index in [2.05, 4.69) is 10.3 Å².